The average molecular weight is 297 g/mol. The molecule has 3 rings (SSSR count). The Kier molecular flexibility index (Phi) is 3.69. The predicted molar refractivity (Wildman–Crippen MR) is 75.7 cm³/mol. The second-order valence-electron chi connectivity index (χ2n) is 4.19. The van der Waals surface area contributed by atoms with Crippen molar-refractivity contribution in [1.29, 1.82) is 0 Å². The van der Waals surface area contributed by atoms with E-state index in [1.165, 1.54) is 29.6 Å². The summed E-state index contributed by atoms with van der Waals surface area (Å²) in [7, 11) is 1.54. The smallest absolute Gasteiger partial charge is 0.275 e. The number of nitrogens with zero attached hydrogens (tertiary/aromatic N) is 6. The molecule has 0 atom stereocenters. The van der Waals surface area contributed by atoms with Crippen LogP contribution in [0, 0.1) is 0 Å². The lowest BCUT2D eigenvalue weighted by Crippen LogP contribution is -2.14. The number of ether oxygens (including phenoxy) is 1. The van der Waals surface area contributed by atoms with Crippen molar-refractivity contribution in [2.24, 2.45) is 0 Å². The highest BCUT2D eigenvalue weighted by Gasteiger charge is 2.11. The monoisotopic (exact) mass is 297 g/mol. The second kappa shape index (κ2) is 5.95. The summed E-state index contributed by atoms with van der Waals surface area (Å²) in [6, 6.07) is 5.12. The van der Waals surface area contributed by atoms with Crippen molar-refractivity contribution in [3.8, 4) is 11.4 Å². The fraction of sp³-hybridized carbons (Fsp3) is 0.0769. The summed E-state index contributed by atoms with van der Waals surface area (Å²) in [5.41, 5.74) is 1.38. The quantitative estimate of drug-likeness (QED) is 0.755. The van der Waals surface area contributed by atoms with E-state index in [1.807, 2.05) is 0 Å². The third-order valence-electron chi connectivity index (χ3n) is 2.83. The summed E-state index contributed by atoms with van der Waals surface area (Å²) in [5, 5.41) is 13.7. The van der Waals surface area contributed by atoms with Gasteiger partial charge in [-0.25, -0.2) is 4.98 Å². The van der Waals surface area contributed by atoms with E-state index in [2.05, 4.69) is 30.8 Å². The number of tetrazole rings is 1. The Morgan fingerprint density at radius 3 is 2.91 bits per heavy atom. The van der Waals surface area contributed by atoms with E-state index in [4.69, 9.17) is 4.74 Å². The number of carbonyl (C=O) groups is 1. The van der Waals surface area contributed by atoms with E-state index in [0.29, 0.717) is 17.1 Å². The van der Waals surface area contributed by atoms with E-state index in [1.54, 1.807) is 25.3 Å². The molecule has 0 fully saturated rings. The largest absolute Gasteiger partial charge is 0.494 e. The van der Waals surface area contributed by atoms with Gasteiger partial charge in [0.1, 0.15) is 23.5 Å². The molecule has 0 saturated carbocycles. The van der Waals surface area contributed by atoms with E-state index < -0.39 is 0 Å². The average Bonchev–Trinajstić information content (AvgIpc) is 3.10. The van der Waals surface area contributed by atoms with Gasteiger partial charge in [0.2, 0.25) is 0 Å². The van der Waals surface area contributed by atoms with Gasteiger partial charge in [-0.1, -0.05) is 0 Å². The maximum absolute atomic E-state index is 12.1. The molecule has 1 amide bonds. The maximum Gasteiger partial charge on any atom is 0.275 e. The zero-order chi connectivity index (χ0) is 15.4. The molecule has 0 saturated heterocycles. The van der Waals surface area contributed by atoms with Crippen molar-refractivity contribution in [2.75, 3.05) is 12.4 Å². The highest BCUT2D eigenvalue weighted by Crippen LogP contribution is 2.25. The molecule has 0 aliphatic rings. The first-order valence-corrected chi connectivity index (χ1v) is 6.26. The molecule has 22 heavy (non-hydrogen) atoms. The summed E-state index contributed by atoms with van der Waals surface area (Å²) < 4.78 is 6.70. The Morgan fingerprint density at radius 1 is 1.32 bits per heavy atom. The van der Waals surface area contributed by atoms with Crippen LogP contribution < -0.4 is 10.1 Å². The summed E-state index contributed by atoms with van der Waals surface area (Å²) >= 11 is 0. The van der Waals surface area contributed by atoms with Gasteiger partial charge in [-0.3, -0.25) is 9.78 Å². The zero-order valence-corrected chi connectivity index (χ0v) is 11.5. The number of benzene rings is 1. The highest BCUT2D eigenvalue weighted by atomic mass is 16.5. The molecule has 1 N–H and O–H groups in total. The second-order valence-corrected chi connectivity index (χ2v) is 4.19. The molecule has 2 aromatic heterocycles. The summed E-state index contributed by atoms with van der Waals surface area (Å²) in [4.78, 5) is 19.9. The number of carbonyl (C=O) groups excluding carboxylic acids is 1. The number of nitrogens with one attached hydrogen (secondary N) is 1. The molecule has 0 radical (unpaired) electrons. The van der Waals surface area contributed by atoms with Crippen molar-refractivity contribution in [2.45, 2.75) is 0 Å². The standard InChI is InChI=1S/C13H11N7O2/c1-22-12-3-2-9(6-11(12)20-8-16-18-19-20)17-13(21)10-7-14-4-5-15-10/h2-8H,1H3,(H,17,21). The van der Waals surface area contributed by atoms with Crippen molar-refractivity contribution < 1.29 is 9.53 Å². The molecule has 9 nitrogen and oxygen atoms in total. The number of anilines is 1. The lowest BCUT2D eigenvalue weighted by Gasteiger charge is -2.10. The number of amides is 1. The summed E-state index contributed by atoms with van der Waals surface area (Å²) in [5.74, 6) is 0.214. The molecule has 0 bridgehead atoms. The van der Waals surface area contributed by atoms with E-state index in [-0.39, 0.29) is 11.6 Å². The SMILES string of the molecule is COc1ccc(NC(=O)c2cnccn2)cc1-n1cnnn1. The maximum atomic E-state index is 12.1. The van der Waals surface area contributed by atoms with Crippen LogP contribution in [0.25, 0.3) is 5.69 Å². The predicted octanol–water partition coefficient (Wildman–Crippen LogP) is 0.713. The normalized spacial score (nSPS) is 10.2. The van der Waals surface area contributed by atoms with Gasteiger partial charge in [0, 0.05) is 18.1 Å². The van der Waals surface area contributed by atoms with E-state index in [9.17, 15) is 4.79 Å². The molecule has 0 aliphatic heterocycles. The molecule has 9 heteroatoms. The molecular weight excluding hydrogens is 286 g/mol. The Hall–Kier alpha value is -3.36. The van der Waals surface area contributed by atoms with Crippen LogP contribution in [0.4, 0.5) is 5.69 Å². The Labute approximate surface area is 125 Å². The number of rotatable bonds is 4. The van der Waals surface area contributed by atoms with Crippen LogP contribution >= 0.6 is 0 Å². The van der Waals surface area contributed by atoms with Crippen molar-refractivity contribution in [1.82, 2.24) is 30.2 Å². The molecule has 0 unspecified atom stereocenters. The first-order chi connectivity index (χ1) is 10.8. The molecule has 3 aromatic rings. The van der Waals surface area contributed by atoms with Gasteiger partial charge in [-0.05, 0) is 28.6 Å². The molecule has 1 aromatic carbocycles. The molecule has 0 spiro atoms. The minimum atomic E-state index is -0.360. The van der Waals surface area contributed by atoms with Gasteiger partial charge >= 0.3 is 0 Å². The van der Waals surface area contributed by atoms with Crippen LogP contribution in [0.2, 0.25) is 0 Å². The van der Waals surface area contributed by atoms with Crippen LogP contribution in [0.5, 0.6) is 5.75 Å². The summed E-state index contributed by atoms with van der Waals surface area (Å²) in [6.45, 7) is 0. The fourth-order valence-electron chi connectivity index (χ4n) is 1.83. The summed E-state index contributed by atoms with van der Waals surface area (Å²) in [6.07, 6.45) is 5.78. The van der Waals surface area contributed by atoms with Crippen LogP contribution in [0.3, 0.4) is 0 Å². The molecular formula is C13H11N7O2. The first kappa shape index (κ1) is 13.6. The van der Waals surface area contributed by atoms with Crippen molar-refractivity contribution in [3.63, 3.8) is 0 Å². The zero-order valence-electron chi connectivity index (χ0n) is 11.5. The minimum Gasteiger partial charge on any atom is -0.494 e. The molecule has 110 valence electrons. The Balaban J connectivity index is 1.89. The van der Waals surface area contributed by atoms with Crippen LogP contribution in [-0.4, -0.2) is 43.2 Å². The molecule has 0 aliphatic carbocycles. The van der Waals surface area contributed by atoms with Crippen LogP contribution in [0.15, 0.2) is 43.1 Å². The molecule has 2 heterocycles. The van der Waals surface area contributed by atoms with Crippen LogP contribution in [-0.2, 0) is 0 Å². The van der Waals surface area contributed by atoms with Gasteiger partial charge in [0.05, 0.1) is 13.3 Å². The Morgan fingerprint density at radius 2 is 2.23 bits per heavy atom. The Bertz CT molecular complexity index is 774. The third kappa shape index (κ3) is 2.73. The number of methoxy groups -OCH3 is 1. The highest BCUT2D eigenvalue weighted by molar-refractivity contribution is 6.02. The fourth-order valence-corrected chi connectivity index (χ4v) is 1.83. The number of hydrogen-bond donors (Lipinski definition) is 1. The van der Waals surface area contributed by atoms with Crippen LogP contribution in [0.1, 0.15) is 10.5 Å². The topological polar surface area (TPSA) is 108 Å². The first-order valence-electron chi connectivity index (χ1n) is 6.26. The minimum absolute atomic E-state index is 0.224. The third-order valence-corrected chi connectivity index (χ3v) is 2.83. The van der Waals surface area contributed by atoms with Gasteiger partial charge < -0.3 is 10.1 Å². The van der Waals surface area contributed by atoms with Gasteiger partial charge in [-0.2, -0.15) is 4.68 Å². The lowest BCUT2D eigenvalue weighted by molar-refractivity contribution is 0.102. The van der Waals surface area contributed by atoms with Crippen molar-refractivity contribution in [3.05, 3.63) is 48.8 Å². The van der Waals surface area contributed by atoms with Gasteiger partial charge in [0.15, 0.2) is 0 Å². The van der Waals surface area contributed by atoms with Crippen molar-refractivity contribution >= 4 is 11.6 Å². The number of aromatic nitrogens is 6. The van der Waals surface area contributed by atoms with E-state index >= 15 is 0 Å². The van der Waals surface area contributed by atoms with Gasteiger partial charge in [0.25, 0.3) is 5.91 Å². The lowest BCUT2D eigenvalue weighted by atomic mass is 10.2. The van der Waals surface area contributed by atoms with Gasteiger partial charge in [-0.15, -0.1) is 5.10 Å². The van der Waals surface area contributed by atoms with E-state index in [0.717, 1.165) is 0 Å². The number of hydrogen-bond acceptors (Lipinski definition) is 7.